The Morgan fingerprint density at radius 3 is 2.93 bits per heavy atom. The zero-order chi connectivity index (χ0) is 11.3. The second kappa shape index (κ2) is 5.88. The molecule has 0 saturated carbocycles. The van der Waals surface area contributed by atoms with Gasteiger partial charge in [0.15, 0.2) is 0 Å². The maximum atomic E-state index is 5.48. The Hall–Kier alpha value is -0.870. The first-order valence-corrected chi connectivity index (χ1v) is 5.58. The quantitative estimate of drug-likeness (QED) is 0.764. The molecule has 0 saturated heterocycles. The molecule has 0 aliphatic rings. The maximum absolute atomic E-state index is 5.48. The number of hydrogen-bond acceptors (Lipinski definition) is 3. The number of rotatable bonds is 6. The van der Waals surface area contributed by atoms with Gasteiger partial charge in [0.05, 0.1) is 12.0 Å². The van der Waals surface area contributed by atoms with Crippen molar-refractivity contribution in [3.8, 4) is 0 Å². The van der Waals surface area contributed by atoms with Crippen LogP contribution in [0.5, 0.6) is 0 Å². The second-order valence-corrected chi connectivity index (χ2v) is 4.06. The van der Waals surface area contributed by atoms with Crippen molar-refractivity contribution in [3.63, 3.8) is 0 Å². The largest absolute Gasteiger partial charge is 0.336 e. The lowest BCUT2D eigenvalue weighted by molar-refractivity contribution is 0.241. The first-order valence-electron chi connectivity index (χ1n) is 5.58. The lowest BCUT2D eigenvalue weighted by Gasteiger charge is -2.22. The van der Waals surface area contributed by atoms with Gasteiger partial charge in [0.25, 0.3) is 0 Å². The molecule has 1 aromatic heterocycles. The molecule has 1 rings (SSSR count). The molecule has 4 nitrogen and oxygen atoms in total. The van der Waals surface area contributed by atoms with Crippen LogP contribution < -0.4 is 5.73 Å². The summed E-state index contributed by atoms with van der Waals surface area (Å²) in [6, 6.07) is 0.602. The Balaban J connectivity index is 2.49. The van der Waals surface area contributed by atoms with Gasteiger partial charge >= 0.3 is 0 Å². The van der Waals surface area contributed by atoms with E-state index in [1.54, 1.807) is 0 Å². The summed E-state index contributed by atoms with van der Waals surface area (Å²) >= 11 is 0. The Morgan fingerprint density at radius 2 is 2.33 bits per heavy atom. The highest BCUT2D eigenvalue weighted by molar-refractivity contribution is 4.96. The van der Waals surface area contributed by atoms with Gasteiger partial charge < -0.3 is 10.3 Å². The molecular weight excluding hydrogens is 188 g/mol. The van der Waals surface area contributed by atoms with Gasteiger partial charge in [-0.3, -0.25) is 4.90 Å². The van der Waals surface area contributed by atoms with E-state index < -0.39 is 0 Å². The number of nitrogens with zero attached hydrogens (tertiary/aromatic N) is 3. The van der Waals surface area contributed by atoms with Crippen LogP contribution >= 0.6 is 0 Å². The molecule has 15 heavy (non-hydrogen) atoms. The van der Waals surface area contributed by atoms with Gasteiger partial charge in [-0.25, -0.2) is 4.98 Å². The number of aromatic nitrogens is 2. The minimum absolute atomic E-state index is 0.602. The van der Waals surface area contributed by atoms with E-state index >= 15 is 0 Å². The smallest absolute Gasteiger partial charge is 0.0950 e. The third-order valence-corrected chi connectivity index (χ3v) is 2.83. The lowest BCUT2D eigenvalue weighted by Crippen LogP contribution is -2.27. The van der Waals surface area contributed by atoms with Crippen molar-refractivity contribution in [2.24, 2.45) is 5.73 Å². The molecule has 0 fully saturated rings. The zero-order valence-electron chi connectivity index (χ0n) is 9.98. The summed E-state index contributed by atoms with van der Waals surface area (Å²) in [6.07, 6.45) is 5.10. The Labute approximate surface area is 92.1 Å². The average molecular weight is 210 g/mol. The van der Waals surface area contributed by atoms with Gasteiger partial charge in [0.1, 0.15) is 0 Å². The Bertz CT molecular complexity index is 282. The van der Waals surface area contributed by atoms with Gasteiger partial charge in [-0.15, -0.1) is 0 Å². The van der Waals surface area contributed by atoms with E-state index in [0.717, 1.165) is 18.8 Å². The summed E-state index contributed by atoms with van der Waals surface area (Å²) < 4.78 is 2.04. The van der Waals surface area contributed by atoms with Crippen molar-refractivity contribution in [1.29, 1.82) is 0 Å². The minimum Gasteiger partial charge on any atom is -0.336 e. The third-order valence-electron chi connectivity index (χ3n) is 2.83. The molecule has 86 valence electrons. The van der Waals surface area contributed by atoms with Crippen LogP contribution in [0.2, 0.25) is 0 Å². The molecule has 0 bridgehead atoms. The van der Waals surface area contributed by atoms with Crippen LogP contribution in [0.3, 0.4) is 0 Å². The van der Waals surface area contributed by atoms with E-state index in [1.165, 1.54) is 6.42 Å². The van der Waals surface area contributed by atoms with Crippen LogP contribution in [0.4, 0.5) is 0 Å². The van der Waals surface area contributed by atoms with Crippen LogP contribution in [0.1, 0.15) is 26.0 Å². The molecule has 0 spiro atoms. The van der Waals surface area contributed by atoms with E-state index in [2.05, 4.69) is 37.0 Å². The summed E-state index contributed by atoms with van der Waals surface area (Å²) in [6.45, 7) is 6.86. The van der Waals surface area contributed by atoms with Crippen LogP contribution in [-0.2, 0) is 13.1 Å². The number of hydrogen-bond donors (Lipinski definition) is 1. The first-order chi connectivity index (χ1) is 7.17. The van der Waals surface area contributed by atoms with Gasteiger partial charge in [-0.05, 0) is 20.4 Å². The topological polar surface area (TPSA) is 47.1 Å². The fourth-order valence-electron chi connectivity index (χ4n) is 1.48. The highest BCUT2D eigenvalue weighted by atomic mass is 15.1. The molecule has 1 unspecified atom stereocenters. The molecule has 0 radical (unpaired) electrons. The highest BCUT2D eigenvalue weighted by Gasteiger charge is 2.08. The first kappa shape index (κ1) is 12.2. The van der Waals surface area contributed by atoms with Gasteiger partial charge in [-0.2, -0.15) is 0 Å². The molecule has 0 aliphatic carbocycles. The van der Waals surface area contributed by atoms with Crippen molar-refractivity contribution in [2.75, 3.05) is 13.6 Å². The fraction of sp³-hybridized carbons (Fsp3) is 0.727. The molecule has 4 heteroatoms. The molecular formula is C11H22N4. The second-order valence-electron chi connectivity index (χ2n) is 4.06. The molecule has 0 aliphatic heterocycles. The van der Waals surface area contributed by atoms with Crippen molar-refractivity contribution in [3.05, 3.63) is 18.2 Å². The van der Waals surface area contributed by atoms with Crippen molar-refractivity contribution < 1.29 is 0 Å². The van der Waals surface area contributed by atoms with Crippen molar-refractivity contribution >= 4 is 0 Å². The van der Waals surface area contributed by atoms with Crippen LogP contribution in [0.15, 0.2) is 12.5 Å². The van der Waals surface area contributed by atoms with Gasteiger partial charge in [-0.1, -0.05) is 6.92 Å². The van der Waals surface area contributed by atoms with Crippen molar-refractivity contribution in [1.82, 2.24) is 14.5 Å². The normalized spacial score (nSPS) is 13.4. The Morgan fingerprint density at radius 1 is 1.60 bits per heavy atom. The highest BCUT2D eigenvalue weighted by Crippen LogP contribution is 2.06. The predicted molar refractivity (Wildman–Crippen MR) is 62.5 cm³/mol. The summed E-state index contributed by atoms with van der Waals surface area (Å²) in [5, 5.41) is 0. The van der Waals surface area contributed by atoms with Gasteiger partial charge in [0.2, 0.25) is 0 Å². The SMILES string of the molecule is CCC(C)N(C)Cc1cn(CCN)cn1. The molecule has 0 aromatic carbocycles. The monoisotopic (exact) mass is 210 g/mol. The minimum atomic E-state index is 0.602. The van der Waals surface area contributed by atoms with E-state index in [4.69, 9.17) is 5.73 Å². The number of nitrogens with two attached hydrogens (primary N) is 1. The average Bonchev–Trinajstić information content (AvgIpc) is 2.65. The van der Waals surface area contributed by atoms with E-state index in [1.807, 2.05) is 10.9 Å². The summed E-state index contributed by atoms with van der Waals surface area (Å²) in [5.74, 6) is 0. The summed E-state index contributed by atoms with van der Waals surface area (Å²) in [5.41, 5.74) is 6.60. The molecule has 1 heterocycles. The van der Waals surface area contributed by atoms with Crippen LogP contribution in [0, 0.1) is 0 Å². The molecule has 1 atom stereocenters. The Kier molecular flexibility index (Phi) is 4.78. The van der Waals surface area contributed by atoms with Crippen LogP contribution in [0.25, 0.3) is 0 Å². The zero-order valence-corrected chi connectivity index (χ0v) is 9.98. The summed E-state index contributed by atoms with van der Waals surface area (Å²) in [7, 11) is 2.14. The van der Waals surface area contributed by atoms with Crippen LogP contribution in [-0.4, -0.2) is 34.1 Å². The maximum Gasteiger partial charge on any atom is 0.0950 e. The van der Waals surface area contributed by atoms with E-state index in [9.17, 15) is 0 Å². The molecule has 0 amide bonds. The molecule has 1 aromatic rings. The fourth-order valence-corrected chi connectivity index (χ4v) is 1.48. The van der Waals surface area contributed by atoms with E-state index in [0.29, 0.717) is 12.6 Å². The molecule has 2 N–H and O–H groups in total. The lowest BCUT2D eigenvalue weighted by atomic mass is 10.2. The standard InChI is InChI=1S/C11H22N4/c1-4-10(2)14(3)7-11-8-15(6-5-12)9-13-11/h8-10H,4-7,12H2,1-3H3. The van der Waals surface area contributed by atoms with Gasteiger partial charge in [0, 0.05) is 31.9 Å². The van der Waals surface area contributed by atoms with Crippen molar-refractivity contribution in [2.45, 2.75) is 39.4 Å². The third kappa shape index (κ3) is 3.64. The predicted octanol–water partition coefficient (Wildman–Crippen LogP) is 1.07. The van der Waals surface area contributed by atoms with E-state index in [-0.39, 0.29) is 0 Å². The number of imidazole rings is 1. The summed E-state index contributed by atoms with van der Waals surface area (Å²) in [4.78, 5) is 6.67.